The first-order chi connectivity index (χ1) is 12.0. The predicted octanol–water partition coefficient (Wildman–Crippen LogP) is 2.39. The number of carbonyl (C=O) groups excluding carboxylic acids is 2. The predicted molar refractivity (Wildman–Crippen MR) is 100 cm³/mol. The Bertz CT molecular complexity index is 769. The number of benzene rings is 2. The van der Waals surface area contributed by atoms with E-state index in [0.29, 0.717) is 22.8 Å². The molecule has 2 amide bonds. The summed E-state index contributed by atoms with van der Waals surface area (Å²) in [7, 11) is 4.39. The molecule has 0 aliphatic carbocycles. The average molecular weight is 456 g/mol. The van der Waals surface area contributed by atoms with Gasteiger partial charge < -0.3 is 14.2 Å². The highest BCUT2D eigenvalue weighted by atomic mass is 127. The summed E-state index contributed by atoms with van der Waals surface area (Å²) in [6.45, 7) is 0. The molecule has 0 unspecified atom stereocenters. The zero-order chi connectivity index (χ0) is 18.4. The second-order valence-electron chi connectivity index (χ2n) is 4.80. The molecule has 0 atom stereocenters. The molecule has 0 aromatic heterocycles. The van der Waals surface area contributed by atoms with Crippen LogP contribution in [0.3, 0.4) is 0 Å². The van der Waals surface area contributed by atoms with Crippen molar-refractivity contribution in [1.29, 1.82) is 0 Å². The molecule has 0 saturated heterocycles. The fourth-order valence-corrected chi connectivity index (χ4v) is 2.74. The van der Waals surface area contributed by atoms with E-state index in [1.165, 1.54) is 33.5 Å². The molecule has 0 heterocycles. The number of rotatable bonds is 5. The maximum absolute atomic E-state index is 12.3. The van der Waals surface area contributed by atoms with Crippen LogP contribution in [-0.2, 0) is 0 Å². The van der Waals surface area contributed by atoms with Crippen LogP contribution in [0.2, 0.25) is 0 Å². The standard InChI is InChI=1S/C17H17IN2O5/c1-23-13-8-10(9-14(24-2)15(13)25-3)16(21)19-20-17(22)11-6-4-5-7-12(11)18/h4-9H,1-3H3,(H,19,21)(H,20,22). The Hall–Kier alpha value is -2.49. The van der Waals surface area contributed by atoms with Crippen molar-refractivity contribution in [1.82, 2.24) is 10.9 Å². The fraction of sp³-hybridized carbons (Fsp3) is 0.176. The minimum atomic E-state index is -0.515. The van der Waals surface area contributed by atoms with Gasteiger partial charge in [0.05, 0.1) is 26.9 Å². The van der Waals surface area contributed by atoms with Crippen molar-refractivity contribution >= 4 is 34.4 Å². The van der Waals surface area contributed by atoms with Crippen LogP contribution >= 0.6 is 22.6 Å². The summed E-state index contributed by atoms with van der Waals surface area (Å²) in [6, 6.07) is 10.0. The van der Waals surface area contributed by atoms with E-state index in [-0.39, 0.29) is 5.56 Å². The first-order valence-electron chi connectivity index (χ1n) is 7.17. The van der Waals surface area contributed by atoms with Gasteiger partial charge in [0.15, 0.2) is 11.5 Å². The lowest BCUT2D eigenvalue weighted by Gasteiger charge is -2.14. The first-order valence-corrected chi connectivity index (χ1v) is 8.25. The van der Waals surface area contributed by atoms with Gasteiger partial charge in [-0.2, -0.15) is 0 Å². The zero-order valence-electron chi connectivity index (χ0n) is 13.9. The fourth-order valence-electron chi connectivity index (χ4n) is 2.11. The summed E-state index contributed by atoms with van der Waals surface area (Å²) in [5, 5.41) is 0. The molecule has 2 aromatic carbocycles. The second-order valence-corrected chi connectivity index (χ2v) is 5.96. The lowest BCUT2D eigenvalue weighted by molar-refractivity contribution is 0.0846. The first kappa shape index (κ1) is 18.8. The van der Waals surface area contributed by atoms with E-state index in [9.17, 15) is 9.59 Å². The maximum atomic E-state index is 12.3. The molecule has 132 valence electrons. The Morgan fingerprint density at radius 3 is 1.96 bits per heavy atom. The highest BCUT2D eigenvalue weighted by Crippen LogP contribution is 2.38. The topological polar surface area (TPSA) is 85.9 Å². The molecule has 0 radical (unpaired) electrons. The molecule has 8 heteroatoms. The lowest BCUT2D eigenvalue weighted by Crippen LogP contribution is -2.41. The van der Waals surface area contributed by atoms with Crippen LogP contribution in [0.1, 0.15) is 20.7 Å². The molecule has 7 nitrogen and oxygen atoms in total. The van der Waals surface area contributed by atoms with Gasteiger partial charge >= 0.3 is 0 Å². The van der Waals surface area contributed by atoms with E-state index in [0.717, 1.165) is 3.57 Å². The van der Waals surface area contributed by atoms with E-state index < -0.39 is 11.8 Å². The summed E-state index contributed by atoms with van der Waals surface area (Å²) >= 11 is 2.05. The molecule has 2 N–H and O–H groups in total. The normalized spacial score (nSPS) is 9.92. The number of methoxy groups -OCH3 is 3. The average Bonchev–Trinajstić information content (AvgIpc) is 2.64. The van der Waals surface area contributed by atoms with Gasteiger partial charge in [-0.05, 0) is 46.9 Å². The highest BCUT2D eigenvalue weighted by Gasteiger charge is 2.18. The molecule has 0 fully saturated rings. The minimum absolute atomic E-state index is 0.248. The van der Waals surface area contributed by atoms with Crippen molar-refractivity contribution < 1.29 is 23.8 Å². The second kappa shape index (κ2) is 8.56. The number of ether oxygens (including phenoxy) is 3. The molecular formula is C17H17IN2O5. The van der Waals surface area contributed by atoms with Crippen molar-refractivity contribution in [2.75, 3.05) is 21.3 Å². The Morgan fingerprint density at radius 1 is 0.880 bits per heavy atom. The highest BCUT2D eigenvalue weighted by molar-refractivity contribution is 14.1. The summed E-state index contributed by atoms with van der Waals surface area (Å²) in [5.41, 5.74) is 5.47. The molecule has 25 heavy (non-hydrogen) atoms. The monoisotopic (exact) mass is 456 g/mol. The minimum Gasteiger partial charge on any atom is -0.493 e. The van der Waals surface area contributed by atoms with Crippen LogP contribution in [-0.4, -0.2) is 33.1 Å². The number of carbonyl (C=O) groups is 2. The number of hydrazine groups is 1. The van der Waals surface area contributed by atoms with Gasteiger partial charge in [-0.1, -0.05) is 12.1 Å². The number of halogens is 1. The van der Waals surface area contributed by atoms with Crippen LogP contribution in [0, 0.1) is 3.57 Å². The van der Waals surface area contributed by atoms with E-state index in [4.69, 9.17) is 14.2 Å². The van der Waals surface area contributed by atoms with Gasteiger partial charge in [0, 0.05) is 9.13 Å². The third kappa shape index (κ3) is 4.32. The molecule has 0 spiro atoms. The Kier molecular flexibility index (Phi) is 6.45. The van der Waals surface area contributed by atoms with Gasteiger partial charge in [0.1, 0.15) is 0 Å². The van der Waals surface area contributed by atoms with Crippen LogP contribution in [0.4, 0.5) is 0 Å². The summed E-state index contributed by atoms with van der Waals surface area (Å²) in [4.78, 5) is 24.5. The summed E-state index contributed by atoms with van der Waals surface area (Å²) in [6.07, 6.45) is 0. The van der Waals surface area contributed by atoms with Crippen LogP contribution in [0.15, 0.2) is 36.4 Å². The van der Waals surface area contributed by atoms with Crippen molar-refractivity contribution in [3.8, 4) is 17.2 Å². The van der Waals surface area contributed by atoms with Crippen molar-refractivity contribution in [2.24, 2.45) is 0 Å². The summed E-state index contributed by atoms with van der Waals surface area (Å²) in [5.74, 6) is 0.139. The van der Waals surface area contributed by atoms with Gasteiger partial charge in [0.2, 0.25) is 5.75 Å². The zero-order valence-corrected chi connectivity index (χ0v) is 16.0. The van der Waals surface area contributed by atoms with E-state index in [2.05, 4.69) is 33.4 Å². The Labute approximate surface area is 158 Å². The van der Waals surface area contributed by atoms with Gasteiger partial charge in [-0.3, -0.25) is 20.4 Å². The number of amides is 2. The third-order valence-corrected chi connectivity index (χ3v) is 4.28. The number of hydrogen-bond acceptors (Lipinski definition) is 5. The van der Waals surface area contributed by atoms with Gasteiger partial charge in [-0.25, -0.2) is 0 Å². The number of hydrogen-bond donors (Lipinski definition) is 2. The molecule has 2 rings (SSSR count). The van der Waals surface area contributed by atoms with Gasteiger partial charge in [0.25, 0.3) is 11.8 Å². The van der Waals surface area contributed by atoms with E-state index in [1.54, 1.807) is 18.2 Å². The maximum Gasteiger partial charge on any atom is 0.270 e. The number of nitrogens with one attached hydrogen (secondary N) is 2. The quantitative estimate of drug-likeness (QED) is 0.533. The van der Waals surface area contributed by atoms with Gasteiger partial charge in [-0.15, -0.1) is 0 Å². The molecule has 2 aromatic rings. The molecule has 0 bridgehead atoms. The van der Waals surface area contributed by atoms with Crippen LogP contribution in [0.5, 0.6) is 17.2 Å². The Balaban J connectivity index is 2.16. The largest absolute Gasteiger partial charge is 0.493 e. The molecule has 0 aliphatic heterocycles. The molecule has 0 saturated carbocycles. The smallest absolute Gasteiger partial charge is 0.270 e. The van der Waals surface area contributed by atoms with Crippen molar-refractivity contribution in [3.05, 3.63) is 51.1 Å². The van der Waals surface area contributed by atoms with E-state index in [1.807, 2.05) is 6.07 Å². The van der Waals surface area contributed by atoms with Crippen molar-refractivity contribution in [3.63, 3.8) is 0 Å². The lowest BCUT2D eigenvalue weighted by atomic mass is 10.1. The molecule has 0 aliphatic rings. The van der Waals surface area contributed by atoms with E-state index >= 15 is 0 Å². The molecular weight excluding hydrogens is 439 g/mol. The summed E-state index contributed by atoms with van der Waals surface area (Å²) < 4.78 is 16.4. The Morgan fingerprint density at radius 2 is 1.44 bits per heavy atom. The third-order valence-electron chi connectivity index (χ3n) is 3.33. The SMILES string of the molecule is COc1cc(C(=O)NNC(=O)c2ccccc2I)cc(OC)c1OC. The van der Waals surface area contributed by atoms with Crippen LogP contribution < -0.4 is 25.1 Å². The van der Waals surface area contributed by atoms with Crippen molar-refractivity contribution in [2.45, 2.75) is 0 Å². The van der Waals surface area contributed by atoms with Crippen LogP contribution in [0.25, 0.3) is 0 Å².